The van der Waals surface area contributed by atoms with E-state index in [1.807, 2.05) is 9.80 Å². The van der Waals surface area contributed by atoms with E-state index in [2.05, 4.69) is 35.0 Å². The molecular formula is C22H33ClN4O3. The number of rotatable bonds is 5. The van der Waals surface area contributed by atoms with Gasteiger partial charge in [0.25, 0.3) is 0 Å². The summed E-state index contributed by atoms with van der Waals surface area (Å²) in [6, 6.07) is 6.94. The van der Waals surface area contributed by atoms with Crippen molar-refractivity contribution in [2.75, 3.05) is 57.8 Å². The molecule has 2 amide bonds. The largest absolute Gasteiger partial charge is 0.481 e. The number of fused-ring (bicyclic) bond motifs is 1. The minimum Gasteiger partial charge on any atom is -0.481 e. The van der Waals surface area contributed by atoms with Crippen LogP contribution in [0.3, 0.4) is 0 Å². The first-order valence-corrected chi connectivity index (χ1v) is 10.8. The lowest BCUT2D eigenvalue weighted by molar-refractivity contribution is -0.137. The van der Waals surface area contributed by atoms with Crippen LogP contribution < -0.4 is 4.90 Å². The van der Waals surface area contributed by atoms with Gasteiger partial charge >= 0.3 is 12.0 Å². The van der Waals surface area contributed by atoms with Crippen molar-refractivity contribution in [3.05, 3.63) is 29.3 Å². The van der Waals surface area contributed by atoms with E-state index in [0.29, 0.717) is 6.54 Å². The minimum absolute atomic E-state index is 0. The number of carbonyl (C=O) groups is 2. The number of halogens is 1. The number of anilines is 1. The van der Waals surface area contributed by atoms with Crippen molar-refractivity contribution in [1.29, 1.82) is 0 Å². The average Bonchev–Trinajstić information content (AvgIpc) is 3.00. The molecule has 0 radical (unpaired) electrons. The molecule has 166 valence electrons. The molecule has 0 saturated carbocycles. The standard InChI is InChI=1S/C22H32N4O3.ClH/c1-23-9-4-17-2-3-20(16-18(17)5-10-23)26-15-14-25(22(26)29)19-6-11-24(12-7-19)13-8-21(27)28;/h2-3,16,19H,4-15H2,1H3,(H,27,28);1H. The van der Waals surface area contributed by atoms with Gasteiger partial charge in [-0.2, -0.15) is 0 Å². The van der Waals surface area contributed by atoms with Crippen molar-refractivity contribution >= 4 is 30.1 Å². The van der Waals surface area contributed by atoms with Crippen molar-refractivity contribution in [3.63, 3.8) is 0 Å². The summed E-state index contributed by atoms with van der Waals surface area (Å²) in [7, 11) is 2.17. The van der Waals surface area contributed by atoms with E-state index in [1.165, 1.54) is 11.1 Å². The molecule has 0 unspecified atom stereocenters. The second-order valence-corrected chi connectivity index (χ2v) is 8.60. The Morgan fingerprint density at radius 3 is 2.43 bits per heavy atom. The number of urea groups is 1. The molecule has 0 aliphatic carbocycles. The maximum atomic E-state index is 13.1. The van der Waals surface area contributed by atoms with E-state index < -0.39 is 5.97 Å². The minimum atomic E-state index is -0.745. The summed E-state index contributed by atoms with van der Waals surface area (Å²) >= 11 is 0. The van der Waals surface area contributed by atoms with Crippen LogP contribution in [0.5, 0.6) is 0 Å². The molecule has 0 aromatic heterocycles. The SMILES string of the molecule is CN1CCc2ccc(N3CCN(C4CCN(CCC(=O)O)CC4)C3=O)cc2CC1.Cl. The maximum absolute atomic E-state index is 13.1. The van der Waals surface area contributed by atoms with Gasteiger partial charge in [0.15, 0.2) is 0 Å². The molecular weight excluding hydrogens is 404 g/mol. The van der Waals surface area contributed by atoms with Crippen molar-refractivity contribution < 1.29 is 14.7 Å². The molecule has 3 aliphatic heterocycles. The topological polar surface area (TPSA) is 67.3 Å². The number of hydrogen-bond donors (Lipinski definition) is 1. The van der Waals surface area contributed by atoms with Crippen molar-refractivity contribution in [1.82, 2.24) is 14.7 Å². The van der Waals surface area contributed by atoms with E-state index >= 15 is 0 Å². The number of amides is 2. The molecule has 8 heteroatoms. The number of piperidine rings is 1. The van der Waals surface area contributed by atoms with Crippen molar-refractivity contribution in [3.8, 4) is 0 Å². The lowest BCUT2D eigenvalue weighted by Crippen LogP contribution is -2.46. The summed E-state index contributed by atoms with van der Waals surface area (Å²) in [6.45, 7) is 6.02. The molecule has 1 N–H and O–H groups in total. The summed E-state index contributed by atoms with van der Waals surface area (Å²) in [6.07, 6.45) is 4.16. The molecule has 1 aromatic rings. The fraction of sp³-hybridized carbons (Fsp3) is 0.636. The zero-order chi connectivity index (χ0) is 20.4. The van der Waals surface area contributed by atoms with Crippen LogP contribution >= 0.6 is 12.4 Å². The van der Waals surface area contributed by atoms with Crippen LogP contribution in [0.4, 0.5) is 10.5 Å². The highest BCUT2D eigenvalue weighted by atomic mass is 35.5. The Morgan fingerprint density at radius 1 is 1.03 bits per heavy atom. The highest BCUT2D eigenvalue weighted by Crippen LogP contribution is 2.28. The zero-order valence-electron chi connectivity index (χ0n) is 17.8. The Morgan fingerprint density at radius 2 is 1.73 bits per heavy atom. The maximum Gasteiger partial charge on any atom is 0.324 e. The number of carboxylic acids is 1. The van der Waals surface area contributed by atoms with Crippen molar-refractivity contribution in [2.24, 2.45) is 0 Å². The van der Waals surface area contributed by atoms with E-state index in [9.17, 15) is 9.59 Å². The first kappa shape index (κ1) is 22.8. The number of likely N-dealkylation sites (N-methyl/N-ethyl adjacent to an activating group) is 1. The van der Waals surface area contributed by atoms with E-state index in [0.717, 1.165) is 70.6 Å². The number of nitrogens with zero attached hydrogens (tertiary/aromatic N) is 4. The zero-order valence-corrected chi connectivity index (χ0v) is 18.6. The lowest BCUT2D eigenvalue weighted by atomic mass is 10.0. The Kier molecular flexibility index (Phi) is 7.60. The average molecular weight is 437 g/mol. The Labute approximate surface area is 185 Å². The van der Waals surface area contributed by atoms with Gasteiger partial charge in [-0.3, -0.25) is 9.69 Å². The number of likely N-dealkylation sites (tertiary alicyclic amines) is 1. The number of benzene rings is 1. The highest BCUT2D eigenvalue weighted by Gasteiger charge is 2.36. The third-order valence-electron chi connectivity index (χ3n) is 6.71. The van der Waals surface area contributed by atoms with E-state index in [1.54, 1.807) is 0 Å². The van der Waals surface area contributed by atoms with Crippen LogP contribution in [-0.4, -0.2) is 90.7 Å². The summed E-state index contributed by atoms with van der Waals surface area (Å²) in [5, 5.41) is 8.86. The molecule has 0 spiro atoms. The van der Waals surface area contributed by atoms with Gasteiger partial charge in [0.05, 0.1) is 6.42 Å². The van der Waals surface area contributed by atoms with Crippen LogP contribution in [-0.2, 0) is 17.6 Å². The fourth-order valence-corrected chi connectivity index (χ4v) is 4.83. The quantitative estimate of drug-likeness (QED) is 0.767. The molecule has 0 bridgehead atoms. The summed E-state index contributed by atoms with van der Waals surface area (Å²) in [5.74, 6) is -0.745. The molecule has 1 aromatic carbocycles. The van der Waals surface area contributed by atoms with Gasteiger partial charge in [0, 0.05) is 57.5 Å². The van der Waals surface area contributed by atoms with E-state index in [4.69, 9.17) is 5.11 Å². The van der Waals surface area contributed by atoms with Crippen LogP contribution in [0.2, 0.25) is 0 Å². The smallest absolute Gasteiger partial charge is 0.324 e. The summed E-state index contributed by atoms with van der Waals surface area (Å²) in [4.78, 5) is 32.4. The first-order valence-electron chi connectivity index (χ1n) is 10.8. The number of aliphatic carboxylic acids is 1. The van der Waals surface area contributed by atoms with Gasteiger partial charge in [-0.1, -0.05) is 6.07 Å². The predicted molar refractivity (Wildman–Crippen MR) is 120 cm³/mol. The van der Waals surface area contributed by atoms with Crippen LogP contribution in [0.15, 0.2) is 18.2 Å². The summed E-state index contributed by atoms with van der Waals surface area (Å²) in [5.41, 5.74) is 3.82. The van der Waals surface area contributed by atoms with Gasteiger partial charge in [0.2, 0.25) is 0 Å². The monoisotopic (exact) mass is 436 g/mol. The molecule has 2 saturated heterocycles. The molecule has 4 rings (SSSR count). The van der Waals surface area contributed by atoms with Gasteiger partial charge in [-0.05, 0) is 56.0 Å². The van der Waals surface area contributed by atoms with Gasteiger partial charge in [-0.25, -0.2) is 4.79 Å². The number of hydrogen-bond acceptors (Lipinski definition) is 4. The Balaban J connectivity index is 0.00000256. The van der Waals surface area contributed by atoms with E-state index in [-0.39, 0.29) is 30.9 Å². The third-order valence-corrected chi connectivity index (χ3v) is 6.71. The molecule has 0 atom stereocenters. The van der Waals surface area contributed by atoms with Gasteiger partial charge in [0.1, 0.15) is 0 Å². The third kappa shape index (κ3) is 5.07. The van der Waals surface area contributed by atoms with Gasteiger partial charge in [-0.15, -0.1) is 12.4 Å². The summed E-state index contributed by atoms with van der Waals surface area (Å²) < 4.78 is 0. The normalized spacial score (nSPS) is 21.3. The highest BCUT2D eigenvalue weighted by molar-refractivity contribution is 5.94. The molecule has 3 heterocycles. The molecule has 3 aliphatic rings. The first-order chi connectivity index (χ1) is 14.0. The molecule has 2 fully saturated rings. The molecule has 30 heavy (non-hydrogen) atoms. The van der Waals surface area contributed by atoms with Crippen LogP contribution in [0.1, 0.15) is 30.4 Å². The van der Waals surface area contributed by atoms with Gasteiger partial charge < -0.3 is 19.8 Å². The number of carbonyl (C=O) groups excluding carboxylic acids is 1. The van der Waals surface area contributed by atoms with Crippen LogP contribution in [0, 0.1) is 0 Å². The second-order valence-electron chi connectivity index (χ2n) is 8.60. The fourth-order valence-electron chi connectivity index (χ4n) is 4.83. The van der Waals surface area contributed by atoms with Crippen LogP contribution in [0.25, 0.3) is 0 Å². The Hall–Kier alpha value is -1.83. The second kappa shape index (κ2) is 9.98. The van der Waals surface area contributed by atoms with Crippen molar-refractivity contribution in [2.45, 2.75) is 38.1 Å². The molecule has 7 nitrogen and oxygen atoms in total. The number of carboxylic acid groups (broad SMARTS) is 1. The Bertz CT molecular complexity index is 767. The lowest BCUT2D eigenvalue weighted by Gasteiger charge is -2.36. The predicted octanol–water partition coefficient (Wildman–Crippen LogP) is 2.32.